The number of nitrogens with two attached hydrogens (primary N) is 1. The van der Waals surface area contributed by atoms with Crippen LogP contribution in [0, 0.1) is 0 Å². The Morgan fingerprint density at radius 1 is 1.25 bits per heavy atom. The maximum atomic E-state index is 9.66. The summed E-state index contributed by atoms with van der Waals surface area (Å²) in [6.07, 6.45) is 0.979. The van der Waals surface area contributed by atoms with Gasteiger partial charge < -0.3 is 15.7 Å². The first-order valence-corrected chi connectivity index (χ1v) is 5.62. The Morgan fingerprint density at radius 3 is 2.31 bits per heavy atom. The van der Waals surface area contributed by atoms with Gasteiger partial charge in [0.25, 0.3) is 0 Å². The second-order valence-electron chi connectivity index (χ2n) is 5.04. The fraction of sp³-hybridized carbons (Fsp3) is 0.538. The topological polar surface area (TPSA) is 49.5 Å². The average Bonchev–Trinajstić information content (AvgIpc) is 2.14. The Kier molecular flexibility index (Phi) is 4.33. The summed E-state index contributed by atoms with van der Waals surface area (Å²) in [5.41, 5.74) is 7.07. The van der Waals surface area contributed by atoms with Crippen LogP contribution in [0.3, 0.4) is 0 Å². The van der Waals surface area contributed by atoms with Gasteiger partial charge in [0.15, 0.2) is 0 Å². The van der Waals surface area contributed by atoms with E-state index in [1.165, 1.54) is 5.56 Å². The van der Waals surface area contributed by atoms with Crippen molar-refractivity contribution in [1.29, 1.82) is 0 Å². The van der Waals surface area contributed by atoms with Crippen LogP contribution < -0.4 is 5.73 Å². The number of nitrogen functional groups attached to an aromatic ring is 1. The molecule has 1 rings (SSSR count). The van der Waals surface area contributed by atoms with Crippen molar-refractivity contribution in [2.45, 2.75) is 25.9 Å². The van der Waals surface area contributed by atoms with Crippen LogP contribution in [0.4, 0.5) is 5.69 Å². The van der Waals surface area contributed by atoms with Crippen molar-refractivity contribution >= 4 is 5.69 Å². The van der Waals surface area contributed by atoms with E-state index in [1.54, 1.807) is 0 Å². The summed E-state index contributed by atoms with van der Waals surface area (Å²) in [4.78, 5) is 2.14. The summed E-state index contributed by atoms with van der Waals surface area (Å²) in [5, 5.41) is 9.66. The van der Waals surface area contributed by atoms with E-state index in [-0.39, 0.29) is 0 Å². The molecule has 0 unspecified atom stereocenters. The molecule has 0 bridgehead atoms. The molecule has 0 spiro atoms. The van der Waals surface area contributed by atoms with Crippen LogP contribution in [0.2, 0.25) is 0 Å². The maximum absolute atomic E-state index is 9.66. The molecule has 90 valence electrons. The average molecular weight is 222 g/mol. The van der Waals surface area contributed by atoms with E-state index in [1.807, 2.05) is 45.2 Å². The van der Waals surface area contributed by atoms with E-state index in [0.717, 1.165) is 18.7 Å². The zero-order chi connectivity index (χ0) is 12.2. The Morgan fingerprint density at radius 2 is 1.81 bits per heavy atom. The highest BCUT2D eigenvalue weighted by atomic mass is 16.3. The van der Waals surface area contributed by atoms with Gasteiger partial charge in [-0.05, 0) is 45.0 Å². The molecule has 3 N–H and O–H groups in total. The largest absolute Gasteiger partial charge is 0.399 e. The molecule has 0 saturated heterocycles. The van der Waals surface area contributed by atoms with Gasteiger partial charge in [-0.1, -0.05) is 12.1 Å². The van der Waals surface area contributed by atoms with Gasteiger partial charge in [-0.25, -0.2) is 0 Å². The van der Waals surface area contributed by atoms with Crippen molar-refractivity contribution < 1.29 is 5.11 Å². The van der Waals surface area contributed by atoms with E-state index in [2.05, 4.69) is 4.90 Å². The minimum absolute atomic E-state index is 0.629. The Labute approximate surface area is 97.9 Å². The lowest BCUT2D eigenvalue weighted by Gasteiger charge is -2.25. The first-order valence-electron chi connectivity index (χ1n) is 5.62. The third-order valence-electron chi connectivity index (χ3n) is 2.42. The number of aliphatic hydroxyl groups is 1. The van der Waals surface area contributed by atoms with Gasteiger partial charge in [0, 0.05) is 18.8 Å². The monoisotopic (exact) mass is 222 g/mol. The molecule has 1 aromatic carbocycles. The lowest BCUT2D eigenvalue weighted by Crippen LogP contribution is -2.37. The van der Waals surface area contributed by atoms with Gasteiger partial charge >= 0.3 is 0 Å². The fourth-order valence-corrected chi connectivity index (χ4v) is 1.74. The summed E-state index contributed by atoms with van der Waals surface area (Å²) in [6.45, 7) is 5.27. The van der Waals surface area contributed by atoms with Crippen LogP contribution in [0.5, 0.6) is 0 Å². The van der Waals surface area contributed by atoms with Gasteiger partial charge in [-0.3, -0.25) is 0 Å². The minimum atomic E-state index is -0.629. The first-order chi connectivity index (χ1) is 7.37. The second kappa shape index (κ2) is 5.32. The molecule has 0 aromatic heterocycles. The van der Waals surface area contributed by atoms with Crippen LogP contribution >= 0.6 is 0 Å². The molecule has 0 atom stereocenters. The number of likely N-dealkylation sites (N-methyl/N-ethyl adjacent to an activating group) is 1. The van der Waals surface area contributed by atoms with Gasteiger partial charge in [-0.15, -0.1) is 0 Å². The molecule has 16 heavy (non-hydrogen) atoms. The molecular weight excluding hydrogens is 200 g/mol. The van der Waals surface area contributed by atoms with Crippen LogP contribution in [0.15, 0.2) is 24.3 Å². The lowest BCUT2D eigenvalue weighted by atomic mass is 10.1. The highest BCUT2D eigenvalue weighted by Crippen LogP contribution is 2.08. The van der Waals surface area contributed by atoms with Crippen molar-refractivity contribution in [3.8, 4) is 0 Å². The molecule has 0 aliphatic rings. The van der Waals surface area contributed by atoms with Gasteiger partial charge in [0.2, 0.25) is 0 Å². The Balaban J connectivity index is 2.37. The summed E-state index contributed by atoms with van der Waals surface area (Å²) in [5.74, 6) is 0. The van der Waals surface area contributed by atoms with Crippen LogP contribution in [-0.4, -0.2) is 35.7 Å². The molecule has 0 saturated carbocycles. The predicted molar refractivity (Wildman–Crippen MR) is 68.4 cm³/mol. The summed E-state index contributed by atoms with van der Waals surface area (Å²) >= 11 is 0. The fourth-order valence-electron chi connectivity index (χ4n) is 1.74. The normalized spacial score (nSPS) is 12.1. The summed E-state index contributed by atoms with van der Waals surface area (Å²) in [6, 6.07) is 7.94. The molecule has 3 heteroatoms. The highest BCUT2D eigenvalue weighted by Gasteiger charge is 2.14. The van der Waals surface area contributed by atoms with Crippen LogP contribution in [0.25, 0.3) is 0 Å². The number of benzene rings is 1. The second-order valence-corrected chi connectivity index (χ2v) is 5.04. The summed E-state index contributed by atoms with van der Waals surface area (Å²) in [7, 11) is 2.02. The Bertz CT molecular complexity index is 314. The number of nitrogens with zero attached hydrogens (tertiary/aromatic N) is 1. The van der Waals surface area contributed by atoms with Crippen molar-refractivity contribution in [2.24, 2.45) is 0 Å². The molecule has 3 nitrogen and oxygen atoms in total. The van der Waals surface area contributed by atoms with Crippen molar-refractivity contribution in [1.82, 2.24) is 4.90 Å². The van der Waals surface area contributed by atoms with E-state index in [4.69, 9.17) is 5.73 Å². The van der Waals surface area contributed by atoms with E-state index in [9.17, 15) is 5.11 Å². The van der Waals surface area contributed by atoms with Crippen LogP contribution in [-0.2, 0) is 6.42 Å². The predicted octanol–water partition coefficient (Wildman–Crippen LogP) is 1.51. The quantitative estimate of drug-likeness (QED) is 0.743. The minimum Gasteiger partial charge on any atom is -0.399 e. The highest BCUT2D eigenvalue weighted by molar-refractivity contribution is 5.39. The molecule has 0 amide bonds. The van der Waals surface area contributed by atoms with Crippen molar-refractivity contribution in [3.05, 3.63) is 29.8 Å². The zero-order valence-electron chi connectivity index (χ0n) is 10.4. The molecule has 0 aliphatic carbocycles. The van der Waals surface area contributed by atoms with Crippen molar-refractivity contribution in [2.75, 3.05) is 25.9 Å². The maximum Gasteiger partial charge on any atom is 0.0718 e. The van der Waals surface area contributed by atoms with E-state index in [0.29, 0.717) is 6.54 Å². The number of hydrogen-bond acceptors (Lipinski definition) is 3. The standard InChI is InChI=1S/C13H22N2O/c1-13(2,16)10-15(3)9-8-11-4-6-12(14)7-5-11/h4-7,16H,8-10,14H2,1-3H3. The Hall–Kier alpha value is -1.06. The third-order valence-corrected chi connectivity index (χ3v) is 2.42. The number of rotatable bonds is 5. The SMILES string of the molecule is CN(CCc1ccc(N)cc1)CC(C)(C)O. The van der Waals surface area contributed by atoms with Crippen molar-refractivity contribution in [3.63, 3.8) is 0 Å². The van der Waals surface area contributed by atoms with Gasteiger partial charge in [0.1, 0.15) is 0 Å². The smallest absolute Gasteiger partial charge is 0.0718 e. The van der Waals surface area contributed by atoms with Gasteiger partial charge in [0.05, 0.1) is 5.60 Å². The lowest BCUT2D eigenvalue weighted by molar-refractivity contribution is 0.0450. The molecular formula is C13H22N2O. The molecule has 0 fully saturated rings. The summed E-state index contributed by atoms with van der Waals surface area (Å²) < 4.78 is 0. The molecule has 0 aliphatic heterocycles. The van der Waals surface area contributed by atoms with Crippen LogP contribution in [0.1, 0.15) is 19.4 Å². The molecule has 0 heterocycles. The number of hydrogen-bond donors (Lipinski definition) is 2. The number of anilines is 1. The zero-order valence-corrected chi connectivity index (χ0v) is 10.4. The first kappa shape index (κ1) is 13.0. The van der Waals surface area contributed by atoms with E-state index >= 15 is 0 Å². The molecule has 0 radical (unpaired) electrons. The van der Waals surface area contributed by atoms with Gasteiger partial charge in [-0.2, -0.15) is 0 Å². The van der Waals surface area contributed by atoms with E-state index < -0.39 is 5.60 Å². The third kappa shape index (κ3) is 5.14. The molecule has 1 aromatic rings.